The molecule has 116 valence electrons. The van der Waals surface area contributed by atoms with Crippen molar-refractivity contribution in [3.8, 4) is 0 Å². The van der Waals surface area contributed by atoms with E-state index in [9.17, 15) is 0 Å². The third-order valence-electron chi connectivity index (χ3n) is 4.07. The van der Waals surface area contributed by atoms with E-state index in [1.165, 1.54) is 12.0 Å². The SMILES string of the molecule is CN=C(NCc1nccn1Cc1ccccc1)NC1CC1C. The molecule has 1 aliphatic carbocycles. The molecular weight excluding hydrogens is 274 g/mol. The molecular formula is C17H23N5. The van der Waals surface area contributed by atoms with E-state index in [1.807, 2.05) is 18.5 Å². The van der Waals surface area contributed by atoms with Crippen LogP contribution >= 0.6 is 0 Å². The highest BCUT2D eigenvalue weighted by molar-refractivity contribution is 5.80. The first kappa shape index (κ1) is 14.6. The van der Waals surface area contributed by atoms with Gasteiger partial charge in [-0.15, -0.1) is 0 Å². The van der Waals surface area contributed by atoms with Crippen LogP contribution in [0.15, 0.2) is 47.7 Å². The van der Waals surface area contributed by atoms with E-state index in [0.29, 0.717) is 12.6 Å². The van der Waals surface area contributed by atoms with Crippen LogP contribution < -0.4 is 10.6 Å². The number of nitrogens with zero attached hydrogens (tertiary/aromatic N) is 3. The van der Waals surface area contributed by atoms with Crippen molar-refractivity contribution >= 4 is 5.96 Å². The van der Waals surface area contributed by atoms with Gasteiger partial charge in [0.2, 0.25) is 0 Å². The molecule has 2 atom stereocenters. The second-order valence-electron chi connectivity index (χ2n) is 5.85. The molecule has 0 spiro atoms. The van der Waals surface area contributed by atoms with E-state index in [0.717, 1.165) is 24.2 Å². The summed E-state index contributed by atoms with van der Waals surface area (Å²) in [6, 6.07) is 11.0. The summed E-state index contributed by atoms with van der Waals surface area (Å²) in [6.45, 7) is 3.75. The molecule has 0 aliphatic heterocycles. The van der Waals surface area contributed by atoms with Crippen LogP contribution in [0.5, 0.6) is 0 Å². The van der Waals surface area contributed by atoms with Crippen LogP contribution in [0.2, 0.25) is 0 Å². The molecule has 1 aliphatic rings. The van der Waals surface area contributed by atoms with Gasteiger partial charge in [0.05, 0.1) is 6.54 Å². The van der Waals surface area contributed by atoms with Crippen LogP contribution in [0.4, 0.5) is 0 Å². The van der Waals surface area contributed by atoms with Gasteiger partial charge in [-0.3, -0.25) is 4.99 Å². The molecule has 5 nitrogen and oxygen atoms in total. The van der Waals surface area contributed by atoms with Crippen LogP contribution in [0.1, 0.15) is 24.7 Å². The van der Waals surface area contributed by atoms with Gasteiger partial charge in [-0.05, 0) is 17.9 Å². The minimum absolute atomic E-state index is 0.565. The summed E-state index contributed by atoms with van der Waals surface area (Å²) >= 11 is 0. The minimum Gasteiger partial charge on any atom is -0.353 e. The fraction of sp³-hybridized carbons (Fsp3) is 0.412. The van der Waals surface area contributed by atoms with Crippen molar-refractivity contribution in [2.75, 3.05) is 7.05 Å². The Balaban J connectivity index is 1.57. The average molecular weight is 297 g/mol. The van der Waals surface area contributed by atoms with Crippen molar-refractivity contribution in [1.82, 2.24) is 20.2 Å². The zero-order chi connectivity index (χ0) is 15.4. The zero-order valence-corrected chi connectivity index (χ0v) is 13.2. The fourth-order valence-corrected chi connectivity index (χ4v) is 2.49. The van der Waals surface area contributed by atoms with Crippen LogP contribution in [-0.2, 0) is 13.1 Å². The lowest BCUT2D eigenvalue weighted by Crippen LogP contribution is -2.39. The van der Waals surface area contributed by atoms with E-state index in [4.69, 9.17) is 0 Å². The Hall–Kier alpha value is -2.30. The van der Waals surface area contributed by atoms with E-state index in [2.05, 4.69) is 56.4 Å². The predicted molar refractivity (Wildman–Crippen MR) is 88.7 cm³/mol. The minimum atomic E-state index is 0.565. The lowest BCUT2D eigenvalue weighted by atomic mass is 10.2. The molecule has 0 amide bonds. The van der Waals surface area contributed by atoms with E-state index in [-0.39, 0.29) is 0 Å². The van der Waals surface area contributed by atoms with Crippen molar-refractivity contribution in [3.63, 3.8) is 0 Å². The number of nitrogens with one attached hydrogen (secondary N) is 2. The first-order chi connectivity index (χ1) is 10.8. The standard InChI is InChI=1S/C17H23N5/c1-13-10-15(13)21-17(18-2)20-11-16-19-8-9-22(16)12-14-6-4-3-5-7-14/h3-9,13,15H,10-12H2,1-2H3,(H2,18,20,21). The molecule has 3 rings (SSSR count). The van der Waals surface area contributed by atoms with Gasteiger partial charge in [-0.1, -0.05) is 37.3 Å². The number of rotatable bonds is 5. The highest BCUT2D eigenvalue weighted by atomic mass is 15.2. The third kappa shape index (κ3) is 3.67. The molecule has 1 aromatic carbocycles. The monoisotopic (exact) mass is 297 g/mol. The molecule has 22 heavy (non-hydrogen) atoms. The molecule has 0 bridgehead atoms. The number of aromatic nitrogens is 2. The van der Waals surface area contributed by atoms with Crippen molar-refractivity contribution in [3.05, 3.63) is 54.1 Å². The number of imidazole rings is 1. The lowest BCUT2D eigenvalue weighted by molar-refractivity contribution is 0.683. The summed E-state index contributed by atoms with van der Waals surface area (Å²) in [6.07, 6.45) is 5.09. The van der Waals surface area contributed by atoms with Gasteiger partial charge in [0, 0.05) is 32.0 Å². The molecule has 1 saturated carbocycles. The van der Waals surface area contributed by atoms with E-state index >= 15 is 0 Å². The van der Waals surface area contributed by atoms with Crippen LogP contribution in [0.25, 0.3) is 0 Å². The quantitative estimate of drug-likeness (QED) is 0.655. The Morgan fingerprint density at radius 2 is 2.14 bits per heavy atom. The predicted octanol–water partition coefficient (Wildman–Crippen LogP) is 2.00. The molecule has 0 radical (unpaired) electrons. The van der Waals surface area contributed by atoms with Gasteiger partial charge in [0.25, 0.3) is 0 Å². The number of hydrogen-bond donors (Lipinski definition) is 2. The highest BCUT2D eigenvalue weighted by Crippen LogP contribution is 2.28. The second-order valence-corrected chi connectivity index (χ2v) is 5.85. The lowest BCUT2D eigenvalue weighted by Gasteiger charge is -2.13. The third-order valence-corrected chi connectivity index (χ3v) is 4.07. The summed E-state index contributed by atoms with van der Waals surface area (Å²) in [4.78, 5) is 8.72. The zero-order valence-electron chi connectivity index (χ0n) is 13.2. The normalized spacial score (nSPS) is 20.7. The molecule has 1 heterocycles. The Kier molecular flexibility index (Phi) is 4.42. The maximum atomic E-state index is 4.45. The van der Waals surface area contributed by atoms with Crippen LogP contribution in [0.3, 0.4) is 0 Å². The van der Waals surface area contributed by atoms with Crippen molar-refractivity contribution < 1.29 is 0 Å². The number of hydrogen-bond acceptors (Lipinski definition) is 2. The van der Waals surface area contributed by atoms with Crippen LogP contribution in [0, 0.1) is 5.92 Å². The fourth-order valence-electron chi connectivity index (χ4n) is 2.49. The summed E-state index contributed by atoms with van der Waals surface area (Å²) in [5, 5.41) is 6.77. The number of aliphatic imine (C=N–C) groups is 1. The summed E-state index contributed by atoms with van der Waals surface area (Å²) in [7, 11) is 1.80. The van der Waals surface area contributed by atoms with Gasteiger partial charge in [-0.2, -0.15) is 0 Å². The summed E-state index contributed by atoms with van der Waals surface area (Å²) in [5.41, 5.74) is 1.27. The Morgan fingerprint density at radius 1 is 1.36 bits per heavy atom. The molecule has 2 unspecified atom stereocenters. The highest BCUT2D eigenvalue weighted by Gasteiger charge is 2.33. The van der Waals surface area contributed by atoms with Gasteiger partial charge in [-0.25, -0.2) is 4.98 Å². The smallest absolute Gasteiger partial charge is 0.191 e. The van der Waals surface area contributed by atoms with Gasteiger partial charge in [0.15, 0.2) is 5.96 Å². The Morgan fingerprint density at radius 3 is 2.82 bits per heavy atom. The average Bonchev–Trinajstić information content (AvgIpc) is 3.05. The number of guanidine groups is 1. The largest absolute Gasteiger partial charge is 0.353 e. The Bertz CT molecular complexity index is 632. The first-order valence-corrected chi connectivity index (χ1v) is 7.77. The molecule has 0 saturated heterocycles. The number of benzene rings is 1. The van der Waals surface area contributed by atoms with Gasteiger partial charge < -0.3 is 15.2 Å². The van der Waals surface area contributed by atoms with Crippen molar-refractivity contribution in [2.45, 2.75) is 32.5 Å². The maximum absolute atomic E-state index is 4.45. The molecule has 5 heteroatoms. The second kappa shape index (κ2) is 6.64. The maximum Gasteiger partial charge on any atom is 0.191 e. The first-order valence-electron chi connectivity index (χ1n) is 7.77. The van der Waals surface area contributed by atoms with E-state index < -0.39 is 0 Å². The van der Waals surface area contributed by atoms with Crippen molar-refractivity contribution in [2.24, 2.45) is 10.9 Å². The molecule has 2 N–H and O–H groups in total. The van der Waals surface area contributed by atoms with Gasteiger partial charge in [0.1, 0.15) is 5.82 Å². The Labute approximate surface area is 131 Å². The van der Waals surface area contributed by atoms with Crippen LogP contribution in [-0.4, -0.2) is 28.6 Å². The van der Waals surface area contributed by atoms with Crippen molar-refractivity contribution in [1.29, 1.82) is 0 Å². The summed E-state index contributed by atoms with van der Waals surface area (Å²) in [5.74, 6) is 2.61. The topological polar surface area (TPSA) is 54.2 Å². The molecule has 1 fully saturated rings. The molecule has 1 aromatic heterocycles. The van der Waals surface area contributed by atoms with Gasteiger partial charge >= 0.3 is 0 Å². The summed E-state index contributed by atoms with van der Waals surface area (Å²) < 4.78 is 2.16. The molecule has 2 aromatic rings. The van der Waals surface area contributed by atoms with E-state index in [1.54, 1.807) is 7.05 Å².